The lowest BCUT2D eigenvalue weighted by atomic mass is 10.1. The van der Waals surface area contributed by atoms with Crippen LogP contribution in [0.3, 0.4) is 0 Å². The van der Waals surface area contributed by atoms with Crippen molar-refractivity contribution in [3.8, 4) is 0 Å². The molecular weight excluding hydrogens is 348 g/mol. The predicted octanol–water partition coefficient (Wildman–Crippen LogP) is 3.16. The fraction of sp³-hybridized carbons (Fsp3) is 0.474. The summed E-state index contributed by atoms with van der Waals surface area (Å²) in [5, 5.41) is 3.38. The Morgan fingerprint density at radius 2 is 1.96 bits per heavy atom. The third-order valence-electron chi connectivity index (χ3n) is 4.76. The third-order valence-corrected chi connectivity index (χ3v) is 6.51. The van der Waals surface area contributed by atoms with E-state index in [2.05, 4.69) is 52.2 Å². The summed E-state index contributed by atoms with van der Waals surface area (Å²) < 4.78 is 23.7. The van der Waals surface area contributed by atoms with Gasteiger partial charge in [-0.3, -0.25) is 0 Å². The van der Waals surface area contributed by atoms with Crippen LogP contribution in [-0.4, -0.2) is 42.5 Å². The highest BCUT2D eigenvalue weighted by Gasteiger charge is 2.32. The first-order valence-corrected chi connectivity index (χ1v) is 10.8. The molecule has 2 heterocycles. The molecule has 3 rings (SSSR count). The minimum Gasteiger partial charge on any atom is -0.353 e. The summed E-state index contributed by atoms with van der Waals surface area (Å²) in [6, 6.07) is 8.13. The second-order valence-electron chi connectivity index (χ2n) is 6.94. The van der Waals surface area contributed by atoms with Crippen LogP contribution in [0.1, 0.15) is 30.3 Å². The molecule has 6 nitrogen and oxygen atoms in total. The quantitative estimate of drug-likeness (QED) is 0.866. The molecule has 1 fully saturated rings. The van der Waals surface area contributed by atoms with Crippen molar-refractivity contribution in [2.24, 2.45) is 0 Å². The van der Waals surface area contributed by atoms with Gasteiger partial charge in [0.05, 0.1) is 11.5 Å². The molecule has 1 saturated heterocycles. The van der Waals surface area contributed by atoms with Crippen molar-refractivity contribution in [3.05, 3.63) is 41.2 Å². The van der Waals surface area contributed by atoms with E-state index in [0.717, 1.165) is 22.9 Å². The van der Waals surface area contributed by atoms with Gasteiger partial charge in [-0.25, -0.2) is 18.4 Å². The zero-order chi connectivity index (χ0) is 18.9. The molecule has 0 amide bonds. The molecule has 1 aromatic heterocycles. The van der Waals surface area contributed by atoms with Gasteiger partial charge in [-0.15, -0.1) is 0 Å². The smallest absolute Gasteiger partial charge is 0.152 e. The molecule has 7 heteroatoms. The van der Waals surface area contributed by atoms with Crippen molar-refractivity contribution >= 4 is 27.2 Å². The molecule has 0 saturated carbocycles. The second-order valence-corrected chi connectivity index (χ2v) is 9.17. The van der Waals surface area contributed by atoms with Gasteiger partial charge in [0, 0.05) is 24.3 Å². The van der Waals surface area contributed by atoms with E-state index in [1.54, 1.807) is 0 Å². The summed E-state index contributed by atoms with van der Waals surface area (Å²) in [6.07, 6.45) is 0.652. The normalized spacial score (nSPS) is 18.7. The molecule has 26 heavy (non-hydrogen) atoms. The zero-order valence-corrected chi connectivity index (χ0v) is 16.6. The van der Waals surface area contributed by atoms with E-state index in [1.165, 1.54) is 5.56 Å². The summed E-state index contributed by atoms with van der Waals surface area (Å²) in [5.41, 5.74) is 3.33. The average molecular weight is 375 g/mol. The highest BCUT2D eigenvalue weighted by atomic mass is 32.2. The van der Waals surface area contributed by atoms with E-state index in [0.29, 0.717) is 18.8 Å². The number of aryl methyl sites for hydroxylation is 3. The molecule has 0 radical (unpaired) electrons. The Morgan fingerprint density at radius 3 is 2.62 bits per heavy atom. The fourth-order valence-electron chi connectivity index (χ4n) is 3.40. The number of benzene rings is 1. The van der Waals surface area contributed by atoms with Gasteiger partial charge in [0.1, 0.15) is 17.5 Å². The van der Waals surface area contributed by atoms with Crippen molar-refractivity contribution < 1.29 is 8.42 Å². The molecule has 1 N–H and O–H groups in total. The number of nitrogens with one attached hydrogen (secondary N) is 1. The summed E-state index contributed by atoms with van der Waals surface area (Å²) in [6.45, 7) is 8.70. The van der Waals surface area contributed by atoms with Crippen LogP contribution >= 0.6 is 0 Å². The van der Waals surface area contributed by atoms with Crippen LogP contribution in [0.25, 0.3) is 0 Å². The van der Waals surface area contributed by atoms with Gasteiger partial charge >= 0.3 is 0 Å². The van der Waals surface area contributed by atoms with Crippen molar-refractivity contribution in [1.82, 2.24) is 9.97 Å². The Bertz CT molecular complexity index is 912. The van der Waals surface area contributed by atoms with Crippen LogP contribution < -0.4 is 10.2 Å². The van der Waals surface area contributed by atoms with E-state index in [9.17, 15) is 8.42 Å². The SMILES string of the molecule is CCN(c1cc(Nc2cc(C)ccc2C)nc(C)n1)C1CCS(=O)(=O)C1. The molecule has 140 valence electrons. The van der Waals surface area contributed by atoms with Crippen molar-refractivity contribution in [2.45, 2.75) is 40.2 Å². The lowest BCUT2D eigenvalue weighted by Crippen LogP contribution is -2.37. The molecule has 1 atom stereocenters. The van der Waals surface area contributed by atoms with E-state index in [-0.39, 0.29) is 17.5 Å². The molecule has 0 spiro atoms. The van der Waals surface area contributed by atoms with Crippen LogP contribution in [0, 0.1) is 20.8 Å². The Kier molecular flexibility index (Phi) is 5.18. The van der Waals surface area contributed by atoms with E-state index >= 15 is 0 Å². The topological polar surface area (TPSA) is 75.2 Å². The first-order chi connectivity index (χ1) is 12.3. The Morgan fingerprint density at radius 1 is 1.19 bits per heavy atom. The molecular formula is C19H26N4O2S. The van der Waals surface area contributed by atoms with Crippen LogP contribution in [0.2, 0.25) is 0 Å². The van der Waals surface area contributed by atoms with Crippen LogP contribution in [0.5, 0.6) is 0 Å². The summed E-state index contributed by atoms with van der Waals surface area (Å²) in [4.78, 5) is 11.1. The third kappa shape index (κ3) is 4.15. The van der Waals surface area contributed by atoms with E-state index in [1.807, 2.05) is 19.9 Å². The van der Waals surface area contributed by atoms with Crippen LogP contribution in [0.15, 0.2) is 24.3 Å². The minimum atomic E-state index is -2.94. The van der Waals surface area contributed by atoms with Gasteiger partial charge in [-0.05, 0) is 51.3 Å². The maximum Gasteiger partial charge on any atom is 0.152 e. The minimum absolute atomic E-state index is 0.0205. The molecule has 1 unspecified atom stereocenters. The monoisotopic (exact) mass is 374 g/mol. The Labute approximate surface area is 155 Å². The van der Waals surface area contributed by atoms with Crippen molar-refractivity contribution in [1.29, 1.82) is 0 Å². The lowest BCUT2D eigenvalue weighted by Gasteiger charge is -2.28. The maximum absolute atomic E-state index is 11.9. The molecule has 1 aromatic carbocycles. The van der Waals surface area contributed by atoms with Gasteiger partial charge in [0.15, 0.2) is 9.84 Å². The summed E-state index contributed by atoms with van der Waals surface area (Å²) >= 11 is 0. The Hall–Kier alpha value is -2.15. The number of anilines is 3. The van der Waals surface area contributed by atoms with Crippen molar-refractivity contribution in [2.75, 3.05) is 28.3 Å². The zero-order valence-electron chi connectivity index (χ0n) is 15.8. The average Bonchev–Trinajstić information content (AvgIpc) is 2.91. The van der Waals surface area contributed by atoms with Crippen LogP contribution in [0.4, 0.5) is 17.3 Å². The standard InChI is InChI=1S/C19H26N4O2S/c1-5-23(16-8-9-26(24,25)12-16)19-11-18(20-15(4)21-19)22-17-10-13(2)6-7-14(17)3/h6-7,10-11,16H,5,8-9,12H2,1-4H3,(H,20,21,22). The van der Waals surface area contributed by atoms with Gasteiger partial charge in [-0.1, -0.05) is 12.1 Å². The van der Waals surface area contributed by atoms with E-state index in [4.69, 9.17) is 0 Å². The van der Waals surface area contributed by atoms with Gasteiger partial charge < -0.3 is 10.2 Å². The Balaban J connectivity index is 1.90. The first kappa shape index (κ1) is 18.6. The highest BCUT2D eigenvalue weighted by Crippen LogP contribution is 2.26. The molecule has 1 aliphatic heterocycles. The number of sulfone groups is 1. The number of hydrogen-bond acceptors (Lipinski definition) is 6. The van der Waals surface area contributed by atoms with Gasteiger partial charge in [-0.2, -0.15) is 0 Å². The number of hydrogen-bond donors (Lipinski definition) is 1. The maximum atomic E-state index is 11.9. The fourth-order valence-corrected chi connectivity index (χ4v) is 5.13. The molecule has 1 aliphatic rings. The van der Waals surface area contributed by atoms with Crippen LogP contribution in [-0.2, 0) is 9.84 Å². The van der Waals surface area contributed by atoms with Crippen molar-refractivity contribution in [3.63, 3.8) is 0 Å². The molecule has 0 bridgehead atoms. The highest BCUT2D eigenvalue weighted by molar-refractivity contribution is 7.91. The number of aromatic nitrogens is 2. The van der Waals surface area contributed by atoms with Gasteiger partial charge in [0.25, 0.3) is 0 Å². The first-order valence-electron chi connectivity index (χ1n) is 8.94. The second kappa shape index (κ2) is 7.23. The lowest BCUT2D eigenvalue weighted by molar-refractivity contribution is 0.599. The van der Waals surface area contributed by atoms with Gasteiger partial charge in [0.2, 0.25) is 0 Å². The molecule has 2 aromatic rings. The summed E-state index contributed by atoms with van der Waals surface area (Å²) in [7, 11) is -2.94. The summed E-state index contributed by atoms with van der Waals surface area (Å²) in [5.74, 6) is 2.61. The predicted molar refractivity (Wildman–Crippen MR) is 106 cm³/mol. The number of rotatable bonds is 5. The number of nitrogens with zero attached hydrogens (tertiary/aromatic N) is 3. The largest absolute Gasteiger partial charge is 0.353 e. The van der Waals surface area contributed by atoms with E-state index < -0.39 is 9.84 Å². The molecule has 0 aliphatic carbocycles.